The number of rotatable bonds is 7. The molecule has 2 aliphatic rings. The number of ketones is 1. The van der Waals surface area contributed by atoms with Gasteiger partial charge in [-0.3, -0.25) is 19.3 Å². The monoisotopic (exact) mass is 375 g/mol. The average Bonchev–Trinajstić information content (AvgIpc) is 2.69. The molecule has 2 aliphatic heterocycles. The Balaban J connectivity index is 1.45. The number of Topliss-reactive ketones (excluding diaryl/α,β-unsaturated/α-hetero) is 1. The number of amides is 2. The summed E-state index contributed by atoms with van der Waals surface area (Å²) < 4.78 is 10.6. The molecule has 0 atom stereocenters. The van der Waals surface area contributed by atoms with Gasteiger partial charge in [-0.25, -0.2) is 0 Å². The lowest BCUT2D eigenvalue weighted by Crippen LogP contribution is -2.41. The van der Waals surface area contributed by atoms with Gasteiger partial charge in [0, 0.05) is 51.6 Å². The first-order valence-corrected chi connectivity index (χ1v) is 9.18. The van der Waals surface area contributed by atoms with Gasteiger partial charge in [0.15, 0.2) is 12.4 Å². The highest BCUT2D eigenvalue weighted by Gasteiger charge is 2.23. The van der Waals surface area contributed by atoms with E-state index in [0.29, 0.717) is 23.5 Å². The second kappa shape index (κ2) is 8.96. The van der Waals surface area contributed by atoms with Crippen molar-refractivity contribution in [2.24, 2.45) is 0 Å². The van der Waals surface area contributed by atoms with Gasteiger partial charge in [-0.05, 0) is 18.2 Å². The van der Waals surface area contributed by atoms with E-state index in [4.69, 9.17) is 9.47 Å². The fourth-order valence-electron chi connectivity index (χ4n) is 3.08. The van der Waals surface area contributed by atoms with Gasteiger partial charge >= 0.3 is 0 Å². The summed E-state index contributed by atoms with van der Waals surface area (Å²) in [6, 6.07) is 5.00. The lowest BCUT2D eigenvalue weighted by molar-refractivity contribution is -0.121. The van der Waals surface area contributed by atoms with Gasteiger partial charge in [-0.15, -0.1) is 0 Å². The highest BCUT2D eigenvalue weighted by Crippen LogP contribution is 2.32. The molecule has 0 radical (unpaired) electrons. The highest BCUT2D eigenvalue weighted by molar-refractivity contribution is 6.02. The number of carbonyl (C=O) groups excluding carboxylic acids is 3. The Bertz CT molecular complexity index is 715. The first kappa shape index (κ1) is 19.3. The van der Waals surface area contributed by atoms with Crippen molar-refractivity contribution in [2.75, 3.05) is 57.9 Å². The molecule has 2 heterocycles. The summed E-state index contributed by atoms with van der Waals surface area (Å²) in [7, 11) is 1.65. The first-order chi connectivity index (χ1) is 13.0. The number of carbonyl (C=O) groups is 3. The van der Waals surface area contributed by atoms with E-state index in [1.807, 2.05) is 0 Å². The summed E-state index contributed by atoms with van der Waals surface area (Å²) in [5.41, 5.74) is 1.05. The molecule has 8 heteroatoms. The van der Waals surface area contributed by atoms with Crippen LogP contribution in [0.1, 0.15) is 23.2 Å². The van der Waals surface area contributed by atoms with Gasteiger partial charge in [0.1, 0.15) is 5.75 Å². The Morgan fingerprint density at radius 2 is 1.96 bits per heavy atom. The zero-order valence-electron chi connectivity index (χ0n) is 15.5. The zero-order chi connectivity index (χ0) is 19.2. The van der Waals surface area contributed by atoms with Crippen molar-refractivity contribution in [3.63, 3.8) is 0 Å². The van der Waals surface area contributed by atoms with Gasteiger partial charge in [0.05, 0.1) is 18.9 Å². The molecule has 0 spiro atoms. The second-order valence-electron chi connectivity index (χ2n) is 6.65. The number of benzene rings is 1. The number of nitrogens with one attached hydrogen (secondary N) is 1. The van der Waals surface area contributed by atoms with E-state index in [-0.39, 0.29) is 37.0 Å². The Labute approximate surface area is 158 Å². The largest absolute Gasteiger partial charge is 0.482 e. The summed E-state index contributed by atoms with van der Waals surface area (Å²) >= 11 is 0. The van der Waals surface area contributed by atoms with Crippen molar-refractivity contribution in [1.82, 2.24) is 10.2 Å². The van der Waals surface area contributed by atoms with Crippen molar-refractivity contribution in [3.8, 4) is 5.75 Å². The maximum atomic E-state index is 12.4. The number of hydrogen-bond donors (Lipinski definition) is 1. The molecular formula is C19H25N3O5. The third kappa shape index (κ3) is 5.05. The molecule has 1 N–H and O–H groups in total. The summed E-state index contributed by atoms with van der Waals surface area (Å²) in [4.78, 5) is 39.8. The lowest BCUT2D eigenvalue weighted by Gasteiger charge is -2.26. The smallest absolute Gasteiger partial charge is 0.264 e. The number of hydrogen-bond acceptors (Lipinski definition) is 6. The van der Waals surface area contributed by atoms with Crippen molar-refractivity contribution < 1.29 is 23.9 Å². The molecule has 1 aromatic rings. The van der Waals surface area contributed by atoms with E-state index >= 15 is 0 Å². The molecule has 8 nitrogen and oxygen atoms in total. The fourth-order valence-corrected chi connectivity index (χ4v) is 3.08. The molecule has 0 aliphatic carbocycles. The standard InChI is InChI=1S/C19H25N3O5/c1-21-15-12-14(2-4-17(15)27-13-19(21)25)16(23)3-5-18(24)20-6-7-22-8-10-26-11-9-22/h2,4,12H,3,5-11,13H2,1H3,(H,20,24). The molecule has 146 valence electrons. The minimum atomic E-state index is -0.160. The highest BCUT2D eigenvalue weighted by atomic mass is 16.5. The molecule has 1 saturated heterocycles. The topological polar surface area (TPSA) is 88.2 Å². The molecule has 0 bridgehead atoms. The minimum Gasteiger partial charge on any atom is -0.482 e. The Morgan fingerprint density at radius 3 is 2.74 bits per heavy atom. The van der Waals surface area contributed by atoms with Gasteiger partial charge in [0.2, 0.25) is 5.91 Å². The Kier molecular flexibility index (Phi) is 6.41. The molecule has 0 saturated carbocycles. The number of nitrogens with zero attached hydrogens (tertiary/aromatic N) is 2. The summed E-state index contributed by atoms with van der Waals surface area (Å²) in [6.07, 6.45) is 0.269. The second-order valence-corrected chi connectivity index (χ2v) is 6.65. The molecule has 27 heavy (non-hydrogen) atoms. The van der Waals surface area contributed by atoms with E-state index < -0.39 is 0 Å². The zero-order valence-corrected chi connectivity index (χ0v) is 15.5. The number of ether oxygens (including phenoxy) is 2. The van der Waals surface area contributed by atoms with Crippen molar-refractivity contribution in [3.05, 3.63) is 23.8 Å². The maximum Gasteiger partial charge on any atom is 0.264 e. The molecule has 0 aromatic heterocycles. The van der Waals surface area contributed by atoms with Gasteiger partial charge in [-0.2, -0.15) is 0 Å². The summed E-state index contributed by atoms with van der Waals surface area (Å²) in [6.45, 7) is 4.58. The van der Waals surface area contributed by atoms with Crippen LogP contribution in [0.3, 0.4) is 0 Å². The SMILES string of the molecule is CN1C(=O)COc2ccc(C(=O)CCC(=O)NCCN3CCOCC3)cc21. The van der Waals surface area contributed by atoms with Crippen LogP contribution >= 0.6 is 0 Å². The van der Waals surface area contributed by atoms with E-state index in [1.165, 1.54) is 4.90 Å². The average molecular weight is 375 g/mol. The molecule has 1 aromatic carbocycles. The van der Waals surface area contributed by atoms with Gasteiger partial charge < -0.3 is 19.7 Å². The lowest BCUT2D eigenvalue weighted by atomic mass is 10.0. The Hall–Kier alpha value is -2.45. The third-order valence-corrected chi connectivity index (χ3v) is 4.80. The van der Waals surface area contributed by atoms with Crippen molar-refractivity contribution in [1.29, 1.82) is 0 Å². The number of fused-ring (bicyclic) bond motifs is 1. The number of likely N-dealkylation sites (N-methyl/N-ethyl adjacent to an activating group) is 1. The quantitative estimate of drug-likeness (QED) is 0.697. The maximum absolute atomic E-state index is 12.4. The fraction of sp³-hybridized carbons (Fsp3) is 0.526. The first-order valence-electron chi connectivity index (χ1n) is 9.18. The van der Waals surface area contributed by atoms with Crippen LogP contribution in [-0.4, -0.2) is 75.5 Å². The van der Waals surface area contributed by atoms with Crippen molar-refractivity contribution in [2.45, 2.75) is 12.8 Å². The number of morpholine rings is 1. The third-order valence-electron chi connectivity index (χ3n) is 4.80. The summed E-state index contributed by atoms with van der Waals surface area (Å²) in [5, 5.41) is 2.85. The van der Waals surface area contributed by atoms with Crippen LogP contribution in [0.15, 0.2) is 18.2 Å². The van der Waals surface area contributed by atoms with Crippen LogP contribution in [0.25, 0.3) is 0 Å². The predicted octanol–water partition coefficient (Wildman–Crippen LogP) is 0.453. The number of anilines is 1. The van der Waals surface area contributed by atoms with Gasteiger partial charge in [0.25, 0.3) is 5.91 Å². The van der Waals surface area contributed by atoms with E-state index in [0.717, 1.165) is 32.8 Å². The molecule has 3 rings (SSSR count). The van der Waals surface area contributed by atoms with E-state index in [2.05, 4.69) is 10.2 Å². The van der Waals surface area contributed by atoms with Crippen LogP contribution in [0.2, 0.25) is 0 Å². The van der Waals surface area contributed by atoms with Crippen LogP contribution in [0.5, 0.6) is 5.75 Å². The van der Waals surface area contributed by atoms with Crippen LogP contribution in [0.4, 0.5) is 5.69 Å². The molecule has 0 unspecified atom stereocenters. The minimum absolute atomic E-state index is 0.00141. The van der Waals surface area contributed by atoms with E-state index in [1.54, 1.807) is 25.2 Å². The summed E-state index contributed by atoms with van der Waals surface area (Å²) in [5.74, 6) is 0.152. The molecule has 2 amide bonds. The van der Waals surface area contributed by atoms with Crippen LogP contribution in [-0.2, 0) is 14.3 Å². The van der Waals surface area contributed by atoms with Crippen molar-refractivity contribution >= 4 is 23.3 Å². The van der Waals surface area contributed by atoms with Crippen LogP contribution in [0, 0.1) is 0 Å². The molecular weight excluding hydrogens is 350 g/mol. The van der Waals surface area contributed by atoms with Gasteiger partial charge in [-0.1, -0.05) is 0 Å². The Morgan fingerprint density at radius 1 is 1.19 bits per heavy atom. The van der Waals surface area contributed by atoms with Crippen LogP contribution < -0.4 is 15.0 Å². The molecule has 1 fully saturated rings. The normalized spacial score (nSPS) is 17.2. The van der Waals surface area contributed by atoms with E-state index in [9.17, 15) is 14.4 Å². The predicted molar refractivity (Wildman–Crippen MR) is 99.2 cm³/mol.